The molecule has 0 aromatic heterocycles. The average Bonchev–Trinajstić information content (AvgIpc) is 2.82. The third kappa shape index (κ3) is 11.5. The van der Waals surface area contributed by atoms with Crippen LogP contribution < -0.4 is 0 Å². The van der Waals surface area contributed by atoms with Crippen molar-refractivity contribution in [2.45, 2.75) is 79.2 Å². The van der Waals surface area contributed by atoms with Crippen LogP contribution in [-0.4, -0.2) is 78.5 Å². The largest absolute Gasteiger partial charge is 0.462 e. The summed E-state index contributed by atoms with van der Waals surface area (Å²) >= 11 is 1.49. The second-order valence-corrected chi connectivity index (χ2v) is 9.75. The molecule has 1 aliphatic heterocycles. The molecule has 0 aromatic rings. The Hall–Kier alpha value is -1.97. The van der Waals surface area contributed by atoms with Crippen molar-refractivity contribution in [3.63, 3.8) is 0 Å². The number of rotatable bonds is 14. The lowest BCUT2D eigenvalue weighted by Gasteiger charge is -2.32. The van der Waals surface area contributed by atoms with E-state index in [9.17, 15) is 9.59 Å². The van der Waals surface area contributed by atoms with Gasteiger partial charge in [0.1, 0.15) is 11.4 Å². The maximum Gasteiger partial charge on any atom is 0.343 e. The summed E-state index contributed by atoms with van der Waals surface area (Å²) < 4.78 is 12.5. The van der Waals surface area contributed by atoms with Crippen LogP contribution in [0.5, 0.6) is 0 Å². The van der Waals surface area contributed by atoms with Gasteiger partial charge in [0.15, 0.2) is 11.0 Å². The molecule has 1 heterocycles. The van der Waals surface area contributed by atoms with Crippen molar-refractivity contribution < 1.29 is 19.1 Å². The van der Waals surface area contributed by atoms with Gasteiger partial charge in [-0.2, -0.15) is 0 Å². The first-order chi connectivity index (χ1) is 16.8. The number of ketones is 1. The van der Waals surface area contributed by atoms with E-state index >= 15 is 0 Å². The molecule has 9 heteroatoms. The summed E-state index contributed by atoms with van der Waals surface area (Å²) in [5, 5.41) is 0.698. The van der Waals surface area contributed by atoms with Crippen molar-refractivity contribution in [1.82, 2.24) is 9.21 Å². The molecule has 0 aliphatic carbocycles. The standard InChI is InChI=1S/C26H44N4O4S/c1-8-15-27-21(5)30(19-23(25(32)34-10-3)24(31)17-20(4)9-2)26-28-22(18-29(6)35-26)14-12-11-13-16-33-7/h17,19,22H,8-16,18H2,1-7H3/b20-17+,23-19+,27-21+. The SMILES string of the molecule is CCC/N=C(\C)N(/C=C(\C(=O)/C=C(\C)CC)C(=O)OCC)C1=NC(CCCCCOC)CN(C)S1. The molecule has 1 aliphatic rings. The van der Waals surface area contributed by atoms with E-state index in [1.54, 1.807) is 25.1 Å². The van der Waals surface area contributed by atoms with E-state index in [1.165, 1.54) is 18.0 Å². The highest BCUT2D eigenvalue weighted by molar-refractivity contribution is 8.11. The minimum absolute atomic E-state index is 0.0293. The van der Waals surface area contributed by atoms with Gasteiger partial charge in [-0.05, 0) is 71.5 Å². The van der Waals surface area contributed by atoms with Gasteiger partial charge in [0.25, 0.3) is 0 Å². The Kier molecular flexibility index (Phi) is 15.5. The first-order valence-electron chi connectivity index (χ1n) is 12.6. The van der Waals surface area contributed by atoms with E-state index in [2.05, 4.69) is 16.2 Å². The van der Waals surface area contributed by atoms with Crippen LogP contribution in [0.2, 0.25) is 0 Å². The molecule has 0 aromatic carbocycles. The third-order valence-electron chi connectivity index (χ3n) is 5.46. The fraction of sp³-hybridized carbons (Fsp3) is 0.692. The van der Waals surface area contributed by atoms with E-state index in [1.807, 2.05) is 27.8 Å². The Bertz CT molecular complexity index is 807. The van der Waals surface area contributed by atoms with Crippen molar-refractivity contribution >= 4 is 34.7 Å². The molecule has 35 heavy (non-hydrogen) atoms. The molecule has 1 atom stereocenters. The van der Waals surface area contributed by atoms with Crippen LogP contribution in [0.1, 0.15) is 73.1 Å². The molecule has 198 valence electrons. The van der Waals surface area contributed by atoms with Crippen LogP contribution >= 0.6 is 11.9 Å². The molecular formula is C26H44N4O4S. The highest BCUT2D eigenvalue weighted by Gasteiger charge is 2.27. The maximum atomic E-state index is 13.1. The number of hydrogen-bond acceptors (Lipinski definition) is 8. The number of allylic oxidation sites excluding steroid dienone is 2. The highest BCUT2D eigenvalue weighted by Crippen LogP contribution is 2.25. The number of hydrogen-bond donors (Lipinski definition) is 0. The molecule has 0 saturated heterocycles. The van der Waals surface area contributed by atoms with Crippen LogP contribution in [0.15, 0.2) is 33.4 Å². The summed E-state index contributed by atoms with van der Waals surface area (Å²) in [6.07, 6.45) is 8.83. The molecule has 0 bridgehead atoms. The Balaban J connectivity index is 3.38. The molecule has 0 amide bonds. The average molecular weight is 509 g/mol. The Morgan fingerprint density at radius 2 is 1.97 bits per heavy atom. The van der Waals surface area contributed by atoms with Crippen molar-refractivity contribution in [1.29, 1.82) is 0 Å². The van der Waals surface area contributed by atoms with Crippen LogP contribution in [0.3, 0.4) is 0 Å². The van der Waals surface area contributed by atoms with E-state index in [0.717, 1.165) is 57.2 Å². The molecule has 0 saturated carbocycles. The number of aliphatic imine (C=N–C) groups is 2. The second kappa shape index (κ2) is 17.5. The predicted octanol–water partition coefficient (Wildman–Crippen LogP) is 5.01. The summed E-state index contributed by atoms with van der Waals surface area (Å²) in [6, 6.07) is 0.123. The zero-order valence-electron chi connectivity index (χ0n) is 22.6. The van der Waals surface area contributed by atoms with Crippen LogP contribution in [0.25, 0.3) is 0 Å². The van der Waals surface area contributed by atoms with E-state index in [-0.39, 0.29) is 24.0 Å². The molecule has 0 N–H and O–H groups in total. The van der Waals surface area contributed by atoms with Crippen molar-refractivity contribution in [3.8, 4) is 0 Å². The molecule has 8 nitrogen and oxygen atoms in total. The van der Waals surface area contributed by atoms with Gasteiger partial charge < -0.3 is 9.47 Å². The van der Waals surface area contributed by atoms with Gasteiger partial charge in [-0.1, -0.05) is 32.3 Å². The highest BCUT2D eigenvalue weighted by atomic mass is 32.2. The summed E-state index contributed by atoms with van der Waals surface area (Å²) in [4.78, 5) is 37.3. The summed E-state index contributed by atoms with van der Waals surface area (Å²) in [5.41, 5.74) is 0.865. The van der Waals surface area contributed by atoms with Crippen molar-refractivity contribution in [2.75, 3.05) is 40.5 Å². The zero-order valence-corrected chi connectivity index (χ0v) is 23.4. The van der Waals surface area contributed by atoms with Gasteiger partial charge in [0, 0.05) is 33.0 Å². The predicted molar refractivity (Wildman–Crippen MR) is 146 cm³/mol. The summed E-state index contributed by atoms with van der Waals surface area (Å²) in [5.74, 6) is -0.339. The van der Waals surface area contributed by atoms with E-state index in [4.69, 9.17) is 14.5 Å². The van der Waals surface area contributed by atoms with Gasteiger partial charge in [-0.3, -0.25) is 19.7 Å². The smallest absolute Gasteiger partial charge is 0.343 e. The van der Waals surface area contributed by atoms with Crippen molar-refractivity contribution in [2.24, 2.45) is 9.98 Å². The number of nitrogens with zero attached hydrogens (tertiary/aromatic N) is 4. The first-order valence-corrected chi connectivity index (χ1v) is 13.4. The first kappa shape index (κ1) is 31.1. The molecule has 1 rings (SSSR count). The minimum atomic E-state index is -0.643. The number of ether oxygens (including phenoxy) is 2. The lowest BCUT2D eigenvalue weighted by Crippen LogP contribution is -2.39. The molecular weight excluding hydrogens is 464 g/mol. The van der Waals surface area contributed by atoms with E-state index < -0.39 is 5.97 Å². The lowest BCUT2D eigenvalue weighted by molar-refractivity contribution is -0.139. The minimum Gasteiger partial charge on any atom is -0.462 e. The second-order valence-electron chi connectivity index (χ2n) is 8.58. The maximum absolute atomic E-state index is 13.1. The number of carbonyl (C=O) groups is 2. The van der Waals surface area contributed by atoms with Gasteiger partial charge >= 0.3 is 5.97 Å². The molecule has 0 radical (unpaired) electrons. The van der Waals surface area contributed by atoms with E-state index in [0.29, 0.717) is 17.5 Å². The molecule has 1 unspecified atom stereocenters. The third-order valence-corrected chi connectivity index (χ3v) is 6.38. The van der Waals surface area contributed by atoms with Gasteiger partial charge in [-0.15, -0.1) is 0 Å². The number of unbranched alkanes of at least 4 members (excludes halogenated alkanes) is 2. The number of amidine groups is 2. The molecule has 0 fully saturated rings. The van der Waals surface area contributed by atoms with Crippen LogP contribution in [-0.2, 0) is 19.1 Å². The Labute approximate surface area is 216 Å². The fourth-order valence-electron chi connectivity index (χ4n) is 3.35. The normalized spacial score (nSPS) is 17.9. The quantitative estimate of drug-likeness (QED) is 0.0476. The Morgan fingerprint density at radius 1 is 1.23 bits per heavy atom. The number of methoxy groups -OCH3 is 1. The summed E-state index contributed by atoms with van der Waals surface area (Å²) in [7, 11) is 3.76. The monoisotopic (exact) mass is 508 g/mol. The van der Waals surface area contributed by atoms with Gasteiger partial charge in [-0.25, -0.2) is 9.10 Å². The number of likely N-dealkylation sites (N-methyl/N-ethyl adjacent to an activating group) is 1. The summed E-state index contributed by atoms with van der Waals surface area (Å²) in [6.45, 7) is 12.0. The van der Waals surface area contributed by atoms with Crippen molar-refractivity contribution in [3.05, 3.63) is 23.4 Å². The lowest BCUT2D eigenvalue weighted by atomic mass is 10.1. The Morgan fingerprint density at radius 3 is 2.60 bits per heavy atom. The number of carbonyl (C=O) groups excluding carboxylic acids is 2. The fourth-order valence-corrected chi connectivity index (χ4v) is 4.35. The zero-order chi connectivity index (χ0) is 26.2. The molecule has 0 spiro atoms. The topological polar surface area (TPSA) is 83.8 Å². The van der Waals surface area contributed by atoms with Crippen LogP contribution in [0.4, 0.5) is 0 Å². The number of esters is 1. The van der Waals surface area contributed by atoms with Gasteiger partial charge in [0.2, 0.25) is 0 Å². The van der Waals surface area contributed by atoms with Crippen LogP contribution in [0, 0.1) is 0 Å². The van der Waals surface area contributed by atoms with Gasteiger partial charge in [0.05, 0.1) is 12.6 Å².